The number of halogens is 2. The van der Waals surface area contributed by atoms with E-state index in [0.29, 0.717) is 21.6 Å². The van der Waals surface area contributed by atoms with Gasteiger partial charge in [-0.15, -0.1) is 11.8 Å². The molecule has 6 heteroatoms. The Morgan fingerprint density at radius 2 is 2.19 bits per heavy atom. The zero-order valence-electron chi connectivity index (χ0n) is 11.4. The molecule has 0 fully saturated rings. The number of nitrogens with one attached hydrogen (secondary N) is 1. The number of amides is 1. The van der Waals surface area contributed by atoms with Crippen LogP contribution in [0.1, 0.15) is 24.3 Å². The van der Waals surface area contributed by atoms with Gasteiger partial charge in [-0.2, -0.15) is 0 Å². The molecular weight excluding hydrogens is 329 g/mol. The zero-order chi connectivity index (χ0) is 15.2. The van der Waals surface area contributed by atoms with E-state index >= 15 is 0 Å². The van der Waals surface area contributed by atoms with Gasteiger partial charge in [0.25, 0.3) is 0 Å². The van der Waals surface area contributed by atoms with E-state index in [0.717, 1.165) is 11.3 Å². The molecule has 2 rings (SSSR count). The number of carbonyl (C=O) groups excluding carboxylic acids is 1. The van der Waals surface area contributed by atoms with Gasteiger partial charge >= 0.3 is 0 Å². The molecule has 1 amide bonds. The Morgan fingerprint density at radius 3 is 2.86 bits per heavy atom. The van der Waals surface area contributed by atoms with Gasteiger partial charge < -0.3 is 9.73 Å². The SMILES string of the molecule is CC(NC(=O)CSCc1ccco1)c1ccc(Cl)cc1Cl. The highest BCUT2D eigenvalue weighted by Gasteiger charge is 2.13. The fraction of sp³-hybridized carbons (Fsp3) is 0.267. The Labute approximate surface area is 138 Å². The van der Waals surface area contributed by atoms with Crippen LogP contribution in [0.25, 0.3) is 0 Å². The lowest BCUT2D eigenvalue weighted by atomic mass is 10.1. The summed E-state index contributed by atoms with van der Waals surface area (Å²) in [4.78, 5) is 11.9. The molecule has 112 valence electrons. The molecule has 0 saturated carbocycles. The minimum atomic E-state index is -0.161. The maximum atomic E-state index is 11.9. The van der Waals surface area contributed by atoms with Crippen LogP contribution in [0.15, 0.2) is 41.0 Å². The predicted octanol–water partition coefficient (Wildman–Crippen LogP) is 4.70. The summed E-state index contributed by atoms with van der Waals surface area (Å²) in [5.41, 5.74) is 0.852. The second kappa shape index (κ2) is 7.78. The summed E-state index contributed by atoms with van der Waals surface area (Å²) in [5.74, 6) is 1.87. The van der Waals surface area contributed by atoms with Crippen molar-refractivity contribution < 1.29 is 9.21 Å². The molecule has 1 heterocycles. The van der Waals surface area contributed by atoms with Crippen molar-refractivity contribution in [2.75, 3.05) is 5.75 Å². The van der Waals surface area contributed by atoms with Crippen LogP contribution in [-0.4, -0.2) is 11.7 Å². The van der Waals surface area contributed by atoms with Gasteiger partial charge in [0.05, 0.1) is 23.8 Å². The van der Waals surface area contributed by atoms with Crippen LogP contribution in [0.3, 0.4) is 0 Å². The maximum absolute atomic E-state index is 11.9. The number of benzene rings is 1. The molecule has 1 aromatic heterocycles. The van der Waals surface area contributed by atoms with E-state index in [1.54, 1.807) is 18.4 Å². The highest BCUT2D eigenvalue weighted by atomic mass is 35.5. The van der Waals surface area contributed by atoms with Crippen molar-refractivity contribution in [2.45, 2.75) is 18.7 Å². The van der Waals surface area contributed by atoms with Gasteiger partial charge in [-0.25, -0.2) is 0 Å². The standard InChI is InChI=1S/C15H15Cl2NO2S/c1-10(13-5-4-11(16)7-14(13)17)18-15(19)9-21-8-12-3-2-6-20-12/h2-7,10H,8-9H2,1H3,(H,18,19). The summed E-state index contributed by atoms with van der Waals surface area (Å²) in [6.45, 7) is 1.89. The molecule has 1 atom stereocenters. The molecule has 0 bridgehead atoms. The molecule has 1 N–H and O–H groups in total. The lowest BCUT2D eigenvalue weighted by Crippen LogP contribution is -2.28. The fourth-order valence-electron chi connectivity index (χ4n) is 1.85. The summed E-state index contributed by atoms with van der Waals surface area (Å²) in [7, 11) is 0. The largest absolute Gasteiger partial charge is 0.468 e. The van der Waals surface area contributed by atoms with Gasteiger partial charge in [0, 0.05) is 10.0 Å². The van der Waals surface area contributed by atoms with Crippen LogP contribution in [0.4, 0.5) is 0 Å². The van der Waals surface area contributed by atoms with Gasteiger partial charge in [0.1, 0.15) is 5.76 Å². The van der Waals surface area contributed by atoms with Crippen molar-refractivity contribution in [3.05, 3.63) is 58.0 Å². The molecule has 1 unspecified atom stereocenters. The minimum absolute atomic E-state index is 0.0370. The summed E-state index contributed by atoms with van der Waals surface area (Å²) in [5, 5.41) is 4.05. The number of hydrogen-bond acceptors (Lipinski definition) is 3. The number of furan rings is 1. The minimum Gasteiger partial charge on any atom is -0.468 e. The third-order valence-corrected chi connectivity index (χ3v) is 4.38. The first-order valence-electron chi connectivity index (χ1n) is 6.40. The molecule has 0 aliphatic carbocycles. The molecule has 0 aliphatic rings. The van der Waals surface area contributed by atoms with Crippen LogP contribution < -0.4 is 5.32 Å². The van der Waals surface area contributed by atoms with E-state index in [2.05, 4.69) is 5.32 Å². The van der Waals surface area contributed by atoms with Crippen LogP contribution >= 0.6 is 35.0 Å². The molecule has 0 aliphatic heterocycles. The van der Waals surface area contributed by atoms with Crippen molar-refractivity contribution in [2.24, 2.45) is 0 Å². The van der Waals surface area contributed by atoms with E-state index in [1.165, 1.54) is 11.8 Å². The van der Waals surface area contributed by atoms with Crippen molar-refractivity contribution in [1.82, 2.24) is 5.32 Å². The maximum Gasteiger partial charge on any atom is 0.230 e. The van der Waals surface area contributed by atoms with Crippen LogP contribution in [-0.2, 0) is 10.5 Å². The van der Waals surface area contributed by atoms with Crippen molar-refractivity contribution in [3.8, 4) is 0 Å². The summed E-state index contributed by atoms with van der Waals surface area (Å²) in [6.07, 6.45) is 1.63. The first-order chi connectivity index (χ1) is 10.1. The predicted molar refractivity (Wildman–Crippen MR) is 87.9 cm³/mol. The second-order valence-corrected chi connectivity index (χ2v) is 6.36. The lowest BCUT2D eigenvalue weighted by molar-refractivity contribution is -0.119. The number of carbonyl (C=O) groups is 1. The fourth-order valence-corrected chi connectivity index (χ4v) is 3.16. The molecule has 1 aromatic carbocycles. The van der Waals surface area contributed by atoms with Crippen molar-refractivity contribution >= 4 is 40.9 Å². The van der Waals surface area contributed by atoms with Gasteiger partial charge in [-0.1, -0.05) is 29.3 Å². The summed E-state index contributed by atoms with van der Waals surface area (Å²) in [6, 6.07) is 8.82. The van der Waals surface area contributed by atoms with E-state index in [-0.39, 0.29) is 11.9 Å². The average molecular weight is 344 g/mol. The van der Waals surface area contributed by atoms with Crippen LogP contribution in [0.5, 0.6) is 0 Å². The monoisotopic (exact) mass is 343 g/mol. The first-order valence-corrected chi connectivity index (χ1v) is 8.32. The lowest BCUT2D eigenvalue weighted by Gasteiger charge is -2.15. The van der Waals surface area contributed by atoms with Gasteiger partial charge in [0.15, 0.2) is 0 Å². The number of hydrogen-bond donors (Lipinski definition) is 1. The topological polar surface area (TPSA) is 42.2 Å². The van der Waals surface area contributed by atoms with E-state index in [4.69, 9.17) is 27.6 Å². The van der Waals surface area contributed by atoms with Gasteiger partial charge in [-0.3, -0.25) is 4.79 Å². The molecule has 0 spiro atoms. The Kier molecular flexibility index (Phi) is 6.03. The highest BCUT2D eigenvalue weighted by Crippen LogP contribution is 2.26. The van der Waals surface area contributed by atoms with E-state index < -0.39 is 0 Å². The second-order valence-electron chi connectivity index (χ2n) is 4.53. The Hall–Kier alpha value is -1.10. The van der Waals surface area contributed by atoms with E-state index in [9.17, 15) is 4.79 Å². The van der Waals surface area contributed by atoms with Crippen molar-refractivity contribution in [1.29, 1.82) is 0 Å². The third-order valence-electron chi connectivity index (χ3n) is 2.86. The first kappa shape index (κ1) is 16.3. The quantitative estimate of drug-likeness (QED) is 0.826. The van der Waals surface area contributed by atoms with Gasteiger partial charge in [-0.05, 0) is 36.8 Å². The summed E-state index contributed by atoms with van der Waals surface area (Å²) < 4.78 is 5.21. The Morgan fingerprint density at radius 1 is 1.38 bits per heavy atom. The van der Waals surface area contributed by atoms with Gasteiger partial charge in [0.2, 0.25) is 5.91 Å². The number of thioether (sulfide) groups is 1. The van der Waals surface area contributed by atoms with Crippen LogP contribution in [0, 0.1) is 0 Å². The molecule has 0 radical (unpaired) electrons. The molecule has 21 heavy (non-hydrogen) atoms. The molecule has 3 nitrogen and oxygen atoms in total. The number of rotatable bonds is 6. The van der Waals surface area contributed by atoms with Crippen LogP contribution in [0.2, 0.25) is 10.0 Å². The average Bonchev–Trinajstić information content (AvgIpc) is 2.91. The Bertz CT molecular complexity index is 602. The van der Waals surface area contributed by atoms with E-state index in [1.807, 2.05) is 25.1 Å². The van der Waals surface area contributed by atoms with Crippen molar-refractivity contribution in [3.63, 3.8) is 0 Å². The Balaban J connectivity index is 1.81. The molecule has 2 aromatic rings. The smallest absolute Gasteiger partial charge is 0.230 e. The normalized spacial score (nSPS) is 12.1. The third kappa shape index (κ3) is 4.99. The zero-order valence-corrected chi connectivity index (χ0v) is 13.8. The highest BCUT2D eigenvalue weighted by molar-refractivity contribution is 7.99. The molecular formula is C15H15Cl2NO2S. The molecule has 0 saturated heterocycles. The summed E-state index contributed by atoms with van der Waals surface area (Å²) >= 11 is 13.5.